The van der Waals surface area contributed by atoms with Crippen LogP contribution in [0.5, 0.6) is 0 Å². The third kappa shape index (κ3) is 4.72. The van der Waals surface area contributed by atoms with Crippen molar-refractivity contribution in [1.29, 1.82) is 5.26 Å². The quantitative estimate of drug-likeness (QED) is 0.816. The summed E-state index contributed by atoms with van der Waals surface area (Å²) in [6.07, 6.45) is 5.32. The number of likely N-dealkylation sites (tertiary alicyclic amines) is 1. The molecule has 0 spiro atoms. The lowest BCUT2D eigenvalue weighted by Crippen LogP contribution is -2.48. The summed E-state index contributed by atoms with van der Waals surface area (Å²) in [5, 5.41) is 8.87. The van der Waals surface area contributed by atoms with E-state index in [1.807, 2.05) is 26.0 Å². The number of anilines is 1. The molecular formula is C20H31N3. The van der Waals surface area contributed by atoms with Crippen LogP contribution in [-0.4, -0.2) is 37.1 Å². The Hall–Kier alpha value is -1.53. The molecule has 0 amide bonds. The van der Waals surface area contributed by atoms with Gasteiger partial charge < -0.3 is 4.90 Å². The fourth-order valence-electron chi connectivity index (χ4n) is 3.79. The van der Waals surface area contributed by atoms with Gasteiger partial charge in [0, 0.05) is 31.4 Å². The van der Waals surface area contributed by atoms with Gasteiger partial charge in [-0.05, 0) is 62.4 Å². The van der Waals surface area contributed by atoms with E-state index in [1.54, 1.807) is 0 Å². The largest absolute Gasteiger partial charge is 0.371 e. The van der Waals surface area contributed by atoms with Gasteiger partial charge in [0.25, 0.3) is 0 Å². The zero-order chi connectivity index (χ0) is 16.7. The van der Waals surface area contributed by atoms with Crippen LogP contribution in [0.1, 0.15) is 52.0 Å². The van der Waals surface area contributed by atoms with Crippen LogP contribution in [0.2, 0.25) is 0 Å². The molecule has 1 aromatic rings. The zero-order valence-electron chi connectivity index (χ0n) is 15.0. The van der Waals surface area contributed by atoms with Crippen LogP contribution >= 0.6 is 0 Å². The summed E-state index contributed by atoms with van der Waals surface area (Å²) in [6, 6.07) is 11.0. The number of nitrogens with zero attached hydrogens (tertiary/aromatic N) is 3. The molecule has 2 heterocycles. The van der Waals surface area contributed by atoms with E-state index in [-0.39, 0.29) is 0 Å². The fourth-order valence-corrected chi connectivity index (χ4v) is 3.79. The number of hydrogen-bond acceptors (Lipinski definition) is 3. The minimum Gasteiger partial charge on any atom is -0.371 e. The molecule has 0 radical (unpaired) electrons. The van der Waals surface area contributed by atoms with E-state index in [2.05, 4.69) is 34.9 Å². The first kappa shape index (κ1) is 17.8. The molecule has 0 aliphatic carbocycles. The van der Waals surface area contributed by atoms with Crippen molar-refractivity contribution in [3.8, 4) is 6.07 Å². The van der Waals surface area contributed by atoms with Gasteiger partial charge in [0.1, 0.15) is 0 Å². The molecule has 0 saturated carbocycles. The predicted molar refractivity (Wildman–Crippen MR) is 97.7 cm³/mol. The van der Waals surface area contributed by atoms with Gasteiger partial charge in [-0.2, -0.15) is 5.26 Å². The maximum atomic E-state index is 8.87. The lowest BCUT2D eigenvalue weighted by Gasteiger charge is -2.42. The molecule has 0 N–H and O–H groups in total. The van der Waals surface area contributed by atoms with Crippen LogP contribution in [0.15, 0.2) is 24.3 Å². The lowest BCUT2D eigenvalue weighted by molar-refractivity contribution is 0.112. The molecule has 2 aliphatic rings. The Morgan fingerprint density at radius 3 is 2.22 bits per heavy atom. The molecule has 2 saturated heterocycles. The van der Waals surface area contributed by atoms with Crippen LogP contribution in [0.3, 0.4) is 0 Å². The molecule has 2 aliphatic heterocycles. The van der Waals surface area contributed by atoms with Crippen LogP contribution in [0, 0.1) is 17.2 Å². The molecule has 3 heteroatoms. The Balaban J connectivity index is 0.000000924. The highest BCUT2D eigenvalue weighted by atomic mass is 15.2. The first-order valence-corrected chi connectivity index (χ1v) is 9.25. The van der Waals surface area contributed by atoms with Crippen LogP contribution in [0.25, 0.3) is 0 Å². The van der Waals surface area contributed by atoms with E-state index in [9.17, 15) is 0 Å². The third-order valence-corrected chi connectivity index (χ3v) is 5.03. The second-order valence-electron chi connectivity index (χ2n) is 6.62. The lowest BCUT2D eigenvalue weighted by atomic mass is 9.95. The predicted octanol–water partition coefficient (Wildman–Crippen LogP) is 4.29. The summed E-state index contributed by atoms with van der Waals surface area (Å²) in [6.45, 7) is 11.3. The van der Waals surface area contributed by atoms with Crippen LogP contribution in [0.4, 0.5) is 5.69 Å². The summed E-state index contributed by atoms with van der Waals surface area (Å²) in [7, 11) is 0. The van der Waals surface area contributed by atoms with Gasteiger partial charge in [-0.3, -0.25) is 4.90 Å². The van der Waals surface area contributed by atoms with E-state index >= 15 is 0 Å². The SMILES string of the molecule is CC.CC1CCCN(C2CCN(c3ccc(C#N)cc3)CC2)C1. The molecule has 2 fully saturated rings. The third-order valence-electron chi connectivity index (χ3n) is 5.03. The first-order chi connectivity index (χ1) is 11.3. The van der Waals surface area contributed by atoms with E-state index < -0.39 is 0 Å². The van der Waals surface area contributed by atoms with Gasteiger partial charge in [-0.1, -0.05) is 20.8 Å². The Labute approximate surface area is 141 Å². The van der Waals surface area contributed by atoms with Crippen molar-refractivity contribution in [2.45, 2.75) is 52.5 Å². The Kier molecular flexibility index (Phi) is 6.92. The van der Waals surface area contributed by atoms with Crippen molar-refractivity contribution < 1.29 is 0 Å². The average Bonchev–Trinajstić information content (AvgIpc) is 2.64. The maximum absolute atomic E-state index is 8.87. The smallest absolute Gasteiger partial charge is 0.0991 e. The minimum absolute atomic E-state index is 0.746. The van der Waals surface area contributed by atoms with Gasteiger partial charge in [-0.25, -0.2) is 0 Å². The molecule has 23 heavy (non-hydrogen) atoms. The van der Waals surface area contributed by atoms with Gasteiger partial charge in [0.05, 0.1) is 11.6 Å². The normalized spacial score (nSPS) is 22.9. The van der Waals surface area contributed by atoms with Crippen LogP contribution < -0.4 is 4.90 Å². The molecule has 1 aromatic carbocycles. The highest BCUT2D eigenvalue weighted by Crippen LogP contribution is 2.26. The van der Waals surface area contributed by atoms with Crippen molar-refractivity contribution in [1.82, 2.24) is 4.90 Å². The molecule has 0 bridgehead atoms. The van der Waals surface area contributed by atoms with E-state index in [0.29, 0.717) is 0 Å². The first-order valence-electron chi connectivity index (χ1n) is 9.25. The average molecular weight is 313 g/mol. The number of benzene rings is 1. The molecule has 1 unspecified atom stereocenters. The number of piperidine rings is 2. The summed E-state index contributed by atoms with van der Waals surface area (Å²) in [4.78, 5) is 5.19. The summed E-state index contributed by atoms with van der Waals surface area (Å²) >= 11 is 0. The van der Waals surface area contributed by atoms with Crippen LogP contribution in [-0.2, 0) is 0 Å². The van der Waals surface area contributed by atoms with Crippen molar-refractivity contribution in [3.05, 3.63) is 29.8 Å². The van der Waals surface area contributed by atoms with E-state index in [4.69, 9.17) is 5.26 Å². The highest BCUT2D eigenvalue weighted by molar-refractivity contribution is 5.50. The monoisotopic (exact) mass is 313 g/mol. The van der Waals surface area contributed by atoms with E-state index in [1.165, 1.54) is 44.5 Å². The maximum Gasteiger partial charge on any atom is 0.0991 e. The number of nitriles is 1. The van der Waals surface area contributed by atoms with E-state index in [0.717, 1.165) is 30.6 Å². The Morgan fingerprint density at radius 1 is 1.00 bits per heavy atom. The van der Waals surface area contributed by atoms with Gasteiger partial charge in [-0.15, -0.1) is 0 Å². The highest BCUT2D eigenvalue weighted by Gasteiger charge is 2.27. The minimum atomic E-state index is 0.746. The second-order valence-corrected chi connectivity index (χ2v) is 6.62. The van der Waals surface area contributed by atoms with Crippen molar-refractivity contribution in [3.63, 3.8) is 0 Å². The summed E-state index contributed by atoms with van der Waals surface area (Å²) < 4.78 is 0. The van der Waals surface area contributed by atoms with Crippen molar-refractivity contribution >= 4 is 5.69 Å². The molecule has 3 nitrogen and oxygen atoms in total. The zero-order valence-corrected chi connectivity index (χ0v) is 15.0. The Morgan fingerprint density at radius 2 is 1.65 bits per heavy atom. The molecule has 126 valence electrons. The summed E-state index contributed by atoms with van der Waals surface area (Å²) in [5.41, 5.74) is 2.01. The summed E-state index contributed by atoms with van der Waals surface area (Å²) in [5.74, 6) is 0.871. The number of rotatable bonds is 2. The second kappa shape index (κ2) is 8.93. The van der Waals surface area contributed by atoms with Gasteiger partial charge in [0.2, 0.25) is 0 Å². The standard InChI is InChI=1S/C18H25N3.C2H6/c1-15-3-2-10-21(14-15)18-8-11-20(12-9-18)17-6-4-16(13-19)5-7-17;1-2/h4-7,15,18H,2-3,8-12,14H2,1H3;1-2H3. The molecule has 1 atom stereocenters. The van der Waals surface area contributed by atoms with Gasteiger partial charge >= 0.3 is 0 Å². The number of hydrogen-bond donors (Lipinski definition) is 0. The van der Waals surface area contributed by atoms with Crippen molar-refractivity contribution in [2.75, 3.05) is 31.1 Å². The van der Waals surface area contributed by atoms with Gasteiger partial charge in [0.15, 0.2) is 0 Å². The fraction of sp³-hybridized carbons (Fsp3) is 0.650. The molecular weight excluding hydrogens is 282 g/mol. The molecule has 0 aromatic heterocycles. The van der Waals surface area contributed by atoms with Crippen molar-refractivity contribution in [2.24, 2.45) is 5.92 Å². The molecule has 3 rings (SSSR count). The topological polar surface area (TPSA) is 30.3 Å². The Bertz CT molecular complexity index is 495.